The fourth-order valence-electron chi connectivity index (χ4n) is 2.71. The number of fused-ring (bicyclic) bond motifs is 1. The summed E-state index contributed by atoms with van der Waals surface area (Å²) >= 11 is 3.42. The van der Waals surface area contributed by atoms with Crippen molar-refractivity contribution in [3.8, 4) is 0 Å². The summed E-state index contributed by atoms with van der Waals surface area (Å²) in [5.41, 5.74) is 1.83. The number of nitrogens with one attached hydrogen (secondary N) is 2. The number of carboxylic acids is 1. The molecule has 1 fully saturated rings. The van der Waals surface area contributed by atoms with E-state index in [4.69, 9.17) is 0 Å². The van der Waals surface area contributed by atoms with Gasteiger partial charge in [0.25, 0.3) is 0 Å². The maximum atomic E-state index is 12.0. The van der Waals surface area contributed by atoms with Crippen LogP contribution in [-0.4, -0.2) is 28.0 Å². The zero-order chi connectivity index (χ0) is 15.9. The Kier molecular flexibility index (Phi) is 3.95. The van der Waals surface area contributed by atoms with E-state index >= 15 is 0 Å². The van der Waals surface area contributed by atoms with Crippen LogP contribution in [0.15, 0.2) is 28.9 Å². The molecule has 1 saturated carbocycles. The minimum atomic E-state index is -1.01. The molecule has 1 aliphatic rings. The summed E-state index contributed by atoms with van der Waals surface area (Å²) in [4.78, 5) is 26.6. The standard InChI is InChI=1S/C16H17BrN2O3/c1-8-4-11(8)15(20)19-14(16(21)22)5-9-7-18-13-3-2-10(17)6-12(9)13/h2-3,6-8,11,14,18H,4-5H2,1H3,(H,19,20)(H,21,22)/t8-,11-,14+/m1/s1. The van der Waals surface area contributed by atoms with Crippen LogP contribution >= 0.6 is 15.9 Å². The van der Waals surface area contributed by atoms with Crippen LogP contribution in [0.3, 0.4) is 0 Å². The molecule has 0 radical (unpaired) electrons. The van der Waals surface area contributed by atoms with Gasteiger partial charge in [-0.15, -0.1) is 0 Å². The van der Waals surface area contributed by atoms with Crippen LogP contribution in [0, 0.1) is 11.8 Å². The van der Waals surface area contributed by atoms with Crippen LogP contribution in [-0.2, 0) is 16.0 Å². The molecule has 1 heterocycles. The summed E-state index contributed by atoms with van der Waals surface area (Å²) in [6.07, 6.45) is 2.91. The monoisotopic (exact) mass is 364 g/mol. The van der Waals surface area contributed by atoms with Crippen molar-refractivity contribution in [3.63, 3.8) is 0 Å². The summed E-state index contributed by atoms with van der Waals surface area (Å²) in [7, 11) is 0. The number of rotatable bonds is 5. The number of hydrogen-bond donors (Lipinski definition) is 3. The second kappa shape index (κ2) is 5.76. The van der Waals surface area contributed by atoms with E-state index in [-0.39, 0.29) is 18.2 Å². The molecule has 116 valence electrons. The molecule has 22 heavy (non-hydrogen) atoms. The zero-order valence-electron chi connectivity index (χ0n) is 12.1. The summed E-state index contributed by atoms with van der Waals surface area (Å²) in [6.45, 7) is 2.00. The van der Waals surface area contributed by atoms with Crippen molar-refractivity contribution in [2.45, 2.75) is 25.8 Å². The van der Waals surface area contributed by atoms with E-state index in [2.05, 4.69) is 26.2 Å². The van der Waals surface area contributed by atoms with E-state index < -0.39 is 12.0 Å². The van der Waals surface area contributed by atoms with Crippen LogP contribution in [0.2, 0.25) is 0 Å². The largest absolute Gasteiger partial charge is 0.480 e. The number of aromatic nitrogens is 1. The molecule has 2 aromatic rings. The SMILES string of the molecule is C[C@@H]1C[C@H]1C(=O)N[C@@H](Cc1c[nH]c2ccc(Br)cc12)C(=O)O. The molecule has 1 aliphatic carbocycles. The van der Waals surface area contributed by atoms with Gasteiger partial charge in [-0.1, -0.05) is 22.9 Å². The van der Waals surface area contributed by atoms with Crippen molar-refractivity contribution < 1.29 is 14.7 Å². The van der Waals surface area contributed by atoms with Crippen molar-refractivity contribution in [1.29, 1.82) is 0 Å². The van der Waals surface area contributed by atoms with Crippen LogP contribution in [0.1, 0.15) is 18.9 Å². The molecule has 1 amide bonds. The van der Waals surface area contributed by atoms with Crippen molar-refractivity contribution in [2.24, 2.45) is 11.8 Å². The molecule has 0 unspecified atom stereocenters. The Morgan fingerprint density at radius 3 is 2.86 bits per heavy atom. The van der Waals surface area contributed by atoms with Gasteiger partial charge in [0.2, 0.25) is 5.91 Å². The molecule has 3 rings (SSSR count). The van der Waals surface area contributed by atoms with Crippen LogP contribution in [0.5, 0.6) is 0 Å². The molecule has 1 aromatic carbocycles. The first-order chi connectivity index (χ1) is 10.5. The minimum Gasteiger partial charge on any atom is -0.480 e. The Hall–Kier alpha value is -1.82. The number of carboxylic acid groups (broad SMARTS) is 1. The van der Waals surface area contributed by atoms with Crippen molar-refractivity contribution in [2.75, 3.05) is 0 Å². The van der Waals surface area contributed by atoms with E-state index in [9.17, 15) is 14.7 Å². The lowest BCUT2D eigenvalue weighted by Gasteiger charge is -2.14. The van der Waals surface area contributed by atoms with Gasteiger partial charge in [0.1, 0.15) is 6.04 Å². The van der Waals surface area contributed by atoms with Gasteiger partial charge in [0.05, 0.1) is 0 Å². The lowest BCUT2D eigenvalue weighted by molar-refractivity contribution is -0.142. The fraction of sp³-hybridized carbons (Fsp3) is 0.375. The van der Waals surface area contributed by atoms with Gasteiger partial charge in [-0.2, -0.15) is 0 Å². The zero-order valence-corrected chi connectivity index (χ0v) is 13.7. The molecule has 0 saturated heterocycles. The van der Waals surface area contributed by atoms with Crippen molar-refractivity contribution in [3.05, 3.63) is 34.4 Å². The number of hydrogen-bond acceptors (Lipinski definition) is 2. The molecule has 6 heteroatoms. The highest BCUT2D eigenvalue weighted by atomic mass is 79.9. The number of aliphatic carboxylic acids is 1. The summed E-state index contributed by atoms with van der Waals surface area (Å²) in [5, 5.41) is 13.0. The Morgan fingerprint density at radius 1 is 1.50 bits per heavy atom. The molecule has 5 nitrogen and oxygen atoms in total. The predicted molar refractivity (Wildman–Crippen MR) is 86.5 cm³/mol. The second-order valence-corrected chi connectivity index (χ2v) is 6.84. The van der Waals surface area contributed by atoms with Gasteiger partial charge in [-0.3, -0.25) is 4.79 Å². The number of H-pyrrole nitrogens is 1. The summed E-state index contributed by atoms with van der Waals surface area (Å²) in [6, 6.07) is 4.90. The quantitative estimate of drug-likeness (QED) is 0.762. The average Bonchev–Trinajstić information content (AvgIpc) is 3.07. The smallest absolute Gasteiger partial charge is 0.326 e. The molecule has 0 spiro atoms. The van der Waals surface area contributed by atoms with Gasteiger partial charge in [-0.25, -0.2) is 4.79 Å². The van der Waals surface area contributed by atoms with Gasteiger partial charge in [0.15, 0.2) is 0 Å². The summed E-state index contributed by atoms with van der Waals surface area (Å²) in [5.74, 6) is -0.829. The molecular formula is C16H17BrN2O3. The van der Waals surface area contributed by atoms with Crippen molar-refractivity contribution in [1.82, 2.24) is 10.3 Å². The number of amides is 1. The third-order valence-electron chi connectivity index (χ3n) is 4.21. The Balaban J connectivity index is 1.79. The predicted octanol–water partition coefficient (Wildman–Crippen LogP) is 2.70. The van der Waals surface area contributed by atoms with E-state index in [1.807, 2.05) is 25.1 Å². The van der Waals surface area contributed by atoms with Crippen LogP contribution in [0.25, 0.3) is 10.9 Å². The molecule has 1 aromatic heterocycles. The maximum absolute atomic E-state index is 12.0. The topological polar surface area (TPSA) is 82.2 Å². The van der Waals surface area contributed by atoms with Gasteiger partial charge < -0.3 is 15.4 Å². The molecule has 0 bridgehead atoms. The van der Waals surface area contributed by atoms with E-state index in [1.165, 1.54) is 0 Å². The third kappa shape index (κ3) is 3.02. The van der Waals surface area contributed by atoms with Crippen molar-refractivity contribution >= 4 is 38.7 Å². The fourth-order valence-corrected chi connectivity index (χ4v) is 3.07. The number of carbonyl (C=O) groups excluding carboxylic acids is 1. The molecule has 3 N–H and O–H groups in total. The lowest BCUT2D eigenvalue weighted by atomic mass is 10.0. The Morgan fingerprint density at radius 2 is 2.23 bits per heavy atom. The first-order valence-corrected chi connectivity index (χ1v) is 8.03. The number of halogens is 1. The maximum Gasteiger partial charge on any atom is 0.326 e. The Labute approximate surface area is 136 Å². The second-order valence-electron chi connectivity index (χ2n) is 5.93. The number of aromatic amines is 1. The van der Waals surface area contributed by atoms with Crippen LogP contribution < -0.4 is 5.32 Å². The summed E-state index contributed by atoms with van der Waals surface area (Å²) < 4.78 is 0.934. The lowest BCUT2D eigenvalue weighted by Crippen LogP contribution is -2.43. The highest BCUT2D eigenvalue weighted by Gasteiger charge is 2.40. The van der Waals surface area contributed by atoms with E-state index in [1.54, 1.807) is 6.20 Å². The van der Waals surface area contributed by atoms with Gasteiger partial charge in [-0.05, 0) is 36.1 Å². The first-order valence-electron chi connectivity index (χ1n) is 7.24. The molecule has 3 atom stereocenters. The number of carbonyl (C=O) groups is 2. The van der Waals surface area contributed by atoms with Gasteiger partial charge >= 0.3 is 5.97 Å². The van der Waals surface area contributed by atoms with Crippen LogP contribution in [0.4, 0.5) is 0 Å². The average molecular weight is 365 g/mol. The molecular weight excluding hydrogens is 348 g/mol. The normalized spacial score (nSPS) is 21.5. The minimum absolute atomic E-state index is 0.0287. The number of benzene rings is 1. The highest BCUT2D eigenvalue weighted by Crippen LogP contribution is 2.37. The van der Waals surface area contributed by atoms with Gasteiger partial charge in [0, 0.05) is 33.9 Å². The first kappa shape index (κ1) is 15.1. The molecule has 0 aliphatic heterocycles. The highest BCUT2D eigenvalue weighted by molar-refractivity contribution is 9.10. The van der Waals surface area contributed by atoms with E-state index in [0.29, 0.717) is 5.92 Å². The van der Waals surface area contributed by atoms with E-state index in [0.717, 1.165) is 27.4 Å². The third-order valence-corrected chi connectivity index (χ3v) is 4.71. The Bertz CT molecular complexity index is 740.